The van der Waals surface area contributed by atoms with Crippen molar-refractivity contribution in [1.29, 1.82) is 0 Å². The fourth-order valence-corrected chi connectivity index (χ4v) is 11.4. The van der Waals surface area contributed by atoms with E-state index >= 15 is 0 Å². The largest absolute Gasteiger partial charge is 0.726 e. The first-order chi connectivity index (χ1) is 38.9. The predicted octanol–water partition coefficient (Wildman–Crippen LogP) is 16.6. The molecule has 13 nitrogen and oxygen atoms in total. The van der Waals surface area contributed by atoms with E-state index in [1.54, 1.807) is 0 Å². The zero-order valence-corrected chi connectivity index (χ0v) is 53.9. The SMILES string of the molecule is CCCCCCCCCCCCCCCCC(=O)NCCC[N+](CCCNC(=O)CCCCCCCCCCCCCCCC)(CCCNC(=O)CCCCCCCCCCCCCCCC)CN1CCCC1=O.COS(=O)(=O)[O-]. The third-order valence-electron chi connectivity index (χ3n) is 16.5. The molecule has 80 heavy (non-hydrogen) atoms. The third kappa shape index (κ3) is 54.9. The van der Waals surface area contributed by atoms with Crippen molar-refractivity contribution >= 4 is 34.0 Å². The Bertz CT molecular complexity index is 1390. The molecular formula is C66H131N5O8S. The summed E-state index contributed by atoms with van der Waals surface area (Å²) in [6.45, 7) is 12.8. The Morgan fingerprint density at radius 2 is 0.650 bits per heavy atom. The molecule has 1 fully saturated rings. The molecule has 1 aliphatic rings. The molecule has 474 valence electrons. The number of likely N-dealkylation sites (tertiary alicyclic amines) is 1. The van der Waals surface area contributed by atoms with Crippen molar-refractivity contribution in [1.82, 2.24) is 20.9 Å². The van der Waals surface area contributed by atoms with Crippen LogP contribution in [0.25, 0.3) is 0 Å². The summed E-state index contributed by atoms with van der Waals surface area (Å²) in [4.78, 5) is 54.0. The highest BCUT2D eigenvalue weighted by Crippen LogP contribution is 2.20. The molecular weight excluding hydrogens is 1020 g/mol. The second-order valence-corrected chi connectivity index (χ2v) is 25.3. The van der Waals surface area contributed by atoms with Gasteiger partial charge in [0.05, 0.1) is 26.7 Å². The third-order valence-corrected chi connectivity index (χ3v) is 16.9. The van der Waals surface area contributed by atoms with Crippen LogP contribution in [-0.4, -0.2) is 106 Å². The Hall–Kier alpha value is -2.29. The lowest BCUT2D eigenvalue weighted by molar-refractivity contribution is -0.936. The minimum atomic E-state index is -4.41. The van der Waals surface area contributed by atoms with Gasteiger partial charge in [-0.15, -0.1) is 0 Å². The van der Waals surface area contributed by atoms with Gasteiger partial charge in [0.25, 0.3) is 0 Å². The number of hydrogen-bond acceptors (Lipinski definition) is 8. The summed E-state index contributed by atoms with van der Waals surface area (Å²) in [5.41, 5.74) is 0. The van der Waals surface area contributed by atoms with Crippen LogP contribution < -0.4 is 16.0 Å². The van der Waals surface area contributed by atoms with Gasteiger partial charge in [-0.25, -0.2) is 8.42 Å². The Morgan fingerprint density at radius 3 is 0.850 bits per heavy atom. The van der Waals surface area contributed by atoms with Crippen LogP contribution in [0.2, 0.25) is 0 Å². The second kappa shape index (κ2) is 58.5. The summed E-state index contributed by atoms with van der Waals surface area (Å²) < 4.78 is 31.8. The predicted molar refractivity (Wildman–Crippen MR) is 335 cm³/mol. The quantitative estimate of drug-likeness (QED) is 0.0233. The Balaban J connectivity index is 0.00000980. The zero-order chi connectivity index (χ0) is 58.7. The molecule has 1 aliphatic heterocycles. The van der Waals surface area contributed by atoms with Crippen molar-refractivity contribution in [2.75, 3.05) is 59.6 Å². The number of rotatable bonds is 60. The van der Waals surface area contributed by atoms with Crippen LogP contribution in [0.15, 0.2) is 0 Å². The minimum absolute atomic E-state index is 0.153. The molecule has 0 bridgehead atoms. The molecule has 1 rings (SSSR count). The van der Waals surface area contributed by atoms with E-state index in [4.69, 9.17) is 0 Å². The zero-order valence-electron chi connectivity index (χ0n) is 53.1. The number of hydrogen-bond donors (Lipinski definition) is 3. The fraction of sp³-hybridized carbons (Fsp3) is 0.939. The maximum Gasteiger partial charge on any atom is 0.226 e. The second-order valence-electron chi connectivity index (χ2n) is 24.1. The van der Waals surface area contributed by atoms with Gasteiger partial charge >= 0.3 is 0 Å². The normalized spacial score (nSPS) is 12.7. The molecule has 0 aromatic carbocycles. The molecule has 0 aromatic rings. The van der Waals surface area contributed by atoms with Gasteiger partial charge in [-0.3, -0.25) is 28.3 Å². The topological polar surface area (TPSA) is 174 Å². The molecule has 14 heteroatoms. The van der Waals surface area contributed by atoms with Crippen LogP contribution in [0.5, 0.6) is 0 Å². The maximum atomic E-state index is 13.1. The molecule has 4 amide bonds. The van der Waals surface area contributed by atoms with E-state index in [-0.39, 0.29) is 23.6 Å². The van der Waals surface area contributed by atoms with Gasteiger partial charge in [0.2, 0.25) is 34.0 Å². The first-order valence-electron chi connectivity index (χ1n) is 34.4. The summed E-state index contributed by atoms with van der Waals surface area (Å²) in [5.74, 6) is 0.691. The first kappa shape index (κ1) is 77.7. The van der Waals surface area contributed by atoms with Crippen LogP contribution in [0.4, 0.5) is 0 Å². The highest BCUT2D eigenvalue weighted by Gasteiger charge is 2.33. The maximum absolute atomic E-state index is 13.1. The molecule has 0 aliphatic carbocycles. The van der Waals surface area contributed by atoms with Crippen LogP contribution >= 0.6 is 0 Å². The summed E-state index contributed by atoms with van der Waals surface area (Å²) >= 11 is 0. The van der Waals surface area contributed by atoms with Gasteiger partial charge in [0.1, 0.15) is 0 Å². The molecule has 0 spiro atoms. The molecule has 1 saturated heterocycles. The van der Waals surface area contributed by atoms with E-state index in [0.717, 1.165) is 102 Å². The van der Waals surface area contributed by atoms with Crippen molar-refractivity contribution in [3.63, 3.8) is 0 Å². The van der Waals surface area contributed by atoms with Crippen molar-refractivity contribution in [3.05, 3.63) is 0 Å². The number of carbonyl (C=O) groups is 4. The fourth-order valence-electron chi connectivity index (χ4n) is 11.4. The van der Waals surface area contributed by atoms with Crippen molar-refractivity contribution < 1.29 is 40.8 Å². The number of carbonyl (C=O) groups excluding carboxylic acids is 4. The van der Waals surface area contributed by atoms with Crippen LogP contribution in [0, 0.1) is 0 Å². The Labute approximate surface area is 494 Å². The van der Waals surface area contributed by atoms with E-state index in [2.05, 4.69) is 45.8 Å². The van der Waals surface area contributed by atoms with Gasteiger partial charge in [-0.05, 0) is 25.7 Å². The minimum Gasteiger partial charge on any atom is -0.726 e. The highest BCUT2D eigenvalue weighted by atomic mass is 32.3. The average molecular weight is 1150 g/mol. The smallest absolute Gasteiger partial charge is 0.226 e. The number of quaternary nitrogens is 1. The molecule has 0 unspecified atom stereocenters. The first-order valence-corrected chi connectivity index (χ1v) is 35.7. The Morgan fingerprint density at radius 1 is 0.425 bits per heavy atom. The number of unbranched alkanes of at least 4 members (excludes halogenated alkanes) is 39. The lowest BCUT2D eigenvalue weighted by atomic mass is 10.0. The van der Waals surface area contributed by atoms with Crippen molar-refractivity contribution in [2.24, 2.45) is 0 Å². The van der Waals surface area contributed by atoms with Crippen LogP contribution in [-0.2, 0) is 33.8 Å². The summed E-state index contributed by atoms with van der Waals surface area (Å²) in [6.07, 6.45) is 60.8. The molecule has 0 aromatic heterocycles. The van der Waals surface area contributed by atoms with E-state index < -0.39 is 10.4 Å². The van der Waals surface area contributed by atoms with E-state index in [9.17, 15) is 32.1 Å². The van der Waals surface area contributed by atoms with Gasteiger partial charge in [0, 0.05) is 71.1 Å². The number of nitrogens with zero attached hydrogens (tertiary/aromatic N) is 2. The van der Waals surface area contributed by atoms with Gasteiger partial charge < -0.3 is 25.0 Å². The van der Waals surface area contributed by atoms with Gasteiger partial charge in [-0.2, -0.15) is 0 Å². The number of amides is 4. The Kier molecular flexibility index (Phi) is 56.8. The van der Waals surface area contributed by atoms with Crippen molar-refractivity contribution in [3.8, 4) is 0 Å². The monoisotopic (exact) mass is 1150 g/mol. The van der Waals surface area contributed by atoms with E-state index in [1.807, 2.05) is 0 Å². The van der Waals surface area contributed by atoms with Gasteiger partial charge in [0.15, 0.2) is 6.67 Å². The summed E-state index contributed by atoms with van der Waals surface area (Å²) in [6, 6.07) is 0. The van der Waals surface area contributed by atoms with E-state index in [1.165, 1.54) is 231 Å². The van der Waals surface area contributed by atoms with Crippen molar-refractivity contribution in [2.45, 2.75) is 342 Å². The van der Waals surface area contributed by atoms with Crippen LogP contribution in [0.3, 0.4) is 0 Å². The van der Waals surface area contributed by atoms with Gasteiger partial charge in [-0.1, -0.05) is 271 Å². The summed E-state index contributed by atoms with van der Waals surface area (Å²) in [5, 5.41) is 9.69. The average Bonchev–Trinajstić information content (AvgIpc) is 3.88. The lowest BCUT2D eigenvalue weighted by Crippen LogP contribution is -2.57. The molecule has 0 saturated carbocycles. The molecule has 0 radical (unpaired) electrons. The standard InChI is InChI=1S/C65H127N5O4.CH4O4S/c1-4-7-10-13-16-19-22-25-28-31-34-37-40-43-50-62(71)66-54-47-58-70(61-69-57-46-53-65(69)74,59-48-55-67-63(72)51-44-41-38-35-32-29-26-23-20-17-14-11-8-5-2)60-49-56-68-64(73)52-45-42-39-36-33-30-27-24-21-18-15-12-9-6-3;1-5-6(2,3)4/h4-61H2,1-3H3,(H2-,66,67,68,71,72,73);1H3,(H,2,3,4). The van der Waals surface area contributed by atoms with E-state index in [0.29, 0.717) is 52.0 Å². The molecule has 3 N–H and O–H groups in total. The summed E-state index contributed by atoms with van der Waals surface area (Å²) in [7, 11) is -3.60. The number of nitrogens with one attached hydrogen (secondary N) is 3. The molecule has 1 heterocycles. The highest BCUT2D eigenvalue weighted by molar-refractivity contribution is 7.80. The lowest BCUT2D eigenvalue weighted by Gasteiger charge is -2.41. The molecule has 0 atom stereocenters. The van der Waals surface area contributed by atoms with Crippen LogP contribution in [0.1, 0.15) is 342 Å².